The number of aliphatic imine (C=N–C) groups is 1. The van der Waals surface area contributed by atoms with Crippen molar-refractivity contribution in [2.24, 2.45) is 4.99 Å². The molecule has 24 heavy (non-hydrogen) atoms. The first-order chi connectivity index (χ1) is 11.5. The van der Waals surface area contributed by atoms with Gasteiger partial charge in [-0.05, 0) is 17.7 Å². The predicted octanol–water partition coefficient (Wildman–Crippen LogP) is 4.71. The molecular formula is C18H15F3N2O. The molecule has 0 saturated carbocycles. The van der Waals surface area contributed by atoms with Gasteiger partial charge in [0.2, 0.25) is 5.90 Å². The third-order valence-corrected chi connectivity index (χ3v) is 3.48. The van der Waals surface area contributed by atoms with Gasteiger partial charge in [0.15, 0.2) is 0 Å². The Balaban J connectivity index is 1.83. The van der Waals surface area contributed by atoms with Crippen molar-refractivity contribution in [1.82, 2.24) is 0 Å². The summed E-state index contributed by atoms with van der Waals surface area (Å²) >= 11 is 0. The summed E-state index contributed by atoms with van der Waals surface area (Å²) in [5.74, 6) is -0.0281. The molecular weight excluding hydrogens is 317 g/mol. The molecule has 1 aliphatic rings. The molecule has 3 nitrogen and oxygen atoms in total. The van der Waals surface area contributed by atoms with Gasteiger partial charge in [-0.3, -0.25) is 0 Å². The fraction of sp³-hybridized carbons (Fsp3) is 0.167. The van der Waals surface area contributed by atoms with Gasteiger partial charge in [0, 0.05) is 11.8 Å². The average molecular weight is 332 g/mol. The molecule has 1 heterocycles. The van der Waals surface area contributed by atoms with E-state index in [4.69, 9.17) is 4.74 Å². The van der Waals surface area contributed by atoms with Gasteiger partial charge in [0.25, 0.3) is 0 Å². The second-order valence-corrected chi connectivity index (χ2v) is 5.25. The van der Waals surface area contributed by atoms with Crippen LogP contribution in [0, 0.1) is 0 Å². The number of rotatable bonds is 4. The zero-order valence-electron chi connectivity index (χ0n) is 12.6. The molecule has 1 aliphatic heterocycles. The minimum atomic E-state index is -4.54. The van der Waals surface area contributed by atoms with E-state index >= 15 is 0 Å². The molecule has 124 valence electrons. The highest BCUT2D eigenvalue weighted by Crippen LogP contribution is 2.29. The van der Waals surface area contributed by atoms with Crippen molar-refractivity contribution in [3.8, 4) is 0 Å². The van der Waals surface area contributed by atoms with Crippen molar-refractivity contribution in [3.05, 3.63) is 78.0 Å². The first-order valence-electron chi connectivity index (χ1n) is 7.39. The van der Waals surface area contributed by atoms with E-state index in [-0.39, 0.29) is 18.5 Å². The summed E-state index contributed by atoms with van der Waals surface area (Å²) in [6.07, 6.45) is -3.64. The Hall–Kier alpha value is -2.76. The number of para-hydroxylation sites is 1. The zero-order chi connectivity index (χ0) is 17.0. The van der Waals surface area contributed by atoms with Crippen LogP contribution in [0.2, 0.25) is 0 Å². The quantitative estimate of drug-likeness (QED) is 0.879. The number of ether oxygens (including phenoxy) is 1. The van der Waals surface area contributed by atoms with Crippen LogP contribution in [0.4, 0.5) is 18.9 Å². The summed E-state index contributed by atoms with van der Waals surface area (Å²) in [6, 6.07) is 17.2. The number of nitrogens with one attached hydrogen (secondary N) is 1. The molecule has 3 rings (SSSR count). The maximum absolute atomic E-state index is 13.2. The highest BCUT2D eigenvalue weighted by Gasteiger charge is 2.35. The van der Waals surface area contributed by atoms with Gasteiger partial charge in [-0.25, -0.2) is 4.99 Å². The van der Waals surface area contributed by atoms with E-state index < -0.39 is 11.9 Å². The maximum Gasteiger partial charge on any atom is 0.431 e. The van der Waals surface area contributed by atoms with Crippen LogP contribution in [0.5, 0.6) is 0 Å². The van der Waals surface area contributed by atoms with Gasteiger partial charge in [-0.1, -0.05) is 48.5 Å². The van der Waals surface area contributed by atoms with Crippen molar-refractivity contribution >= 4 is 11.6 Å². The number of halogens is 3. The SMILES string of the molecule is FC(F)(F)C(=CC1=NC(c2ccccc2)CO1)Nc1ccccc1. The van der Waals surface area contributed by atoms with E-state index in [0.29, 0.717) is 5.69 Å². The molecule has 0 bridgehead atoms. The minimum Gasteiger partial charge on any atom is -0.475 e. The zero-order valence-corrected chi connectivity index (χ0v) is 12.6. The molecule has 0 fully saturated rings. The lowest BCUT2D eigenvalue weighted by molar-refractivity contribution is -0.0902. The van der Waals surface area contributed by atoms with Crippen LogP contribution in [-0.4, -0.2) is 18.7 Å². The first-order valence-corrected chi connectivity index (χ1v) is 7.39. The smallest absolute Gasteiger partial charge is 0.431 e. The van der Waals surface area contributed by atoms with Crippen LogP contribution in [0.1, 0.15) is 11.6 Å². The van der Waals surface area contributed by atoms with E-state index in [1.54, 1.807) is 30.3 Å². The fourth-order valence-corrected chi connectivity index (χ4v) is 2.31. The second kappa shape index (κ2) is 6.78. The first kappa shape index (κ1) is 16.1. The molecule has 0 amide bonds. The number of hydrogen-bond donors (Lipinski definition) is 1. The maximum atomic E-state index is 13.2. The monoisotopic (exact) mass is 332 g/mol. The van der Waals surface area contributed by atoms with Gasteiger partial charge in [0.05, 0.1) is 0 Å². The van der Waals surface area contributed by atoms with Crippen molar-refractivity contribution < 1.29 is 17.9 Å². The highest BCUT2D eigenvalue weighted by atomic mass is 19.4. The minimum absolute atomic E-state index is 0.0281. The van der Waals surface area contributed by atoms with Crippen LogP contribution in [-0.2, 0) is 4.74 Å². The van der Waals surface area contributed by atoms with Crippen molar-refractivity contribution in [2.75, 3.05) is 11.9 Å². The fourth-order valence-electron chi connectivity index (χ4n) is 2.31. The van der Waals surface area contributed by atoms with Gasteiger partial charge < -0.3 is 10.1 Å². The summed E-state index contributed by atoms with van der Waals surface area (Å²) in [5, 5.41) is 2.38. The van der Waals surface area contributed by atoms with Gasteiger partial charge in [-0.15, -0.1) is 0 Å². The summed E-state index contributed by atoms with van der Waals surface area (Å²) in [7, 11) is 0. The number of nitrogens with zero attached hydrogens (tertiary/aromatic N) is 1. The standard InChI is InChI=1S/C18H15F3N2O/c19-18(20,21)16(22-14-9-5-2-6-10-14)11-17-23-15(12-24-17)13-7-3-1-4-8-13/h1-11,15,22H,12H2. The van der Waals surface area contributed by atoms with E-state index in [1.165, 1.54) is 0 Å². The predicted molar refractivity (Wildman–Crippen MR) is 86.8 cm³/mol. The van der Waals surface area contributed by atoms with Crippen LogP contribution >= 0.6 is 0 Å². The Morgan fingerprint density at radius 1 is 1.04 bits per heavy atom. The van der Waals surface area contributed by atoms with E-state index in [1.807, 2.05) is 30.3 Å². The molecule has 1 N–H and O–H groups in total. The third-order valence-electron chi connectivity index (χ3n) is 3.48. The number of anilines is 1. The molecule has 2 aromatic carbocycles. The summed E-state index contributed by atoms with van der Waals surface area (Å²) in [6.45, 7) is 0.228. The Kier molecular flexibility index (Phi) is 4.55. The molecule has 1 unspecified atom stereocenters. The number of benzene rings is 2. The molecule has 0 saturated heterocycles. The van der Waals surface area contributed by atoms with Crippen LogP contribution in [0.25, 0.3) is 0 Å². The highest BCUT2D eigenvalue weighted by molar-refractivity contribution is 5.90. The second-order valence-electron chi connectivity index (χ2n) is 5.25. The van der Waals surface area contributed by atoms with Crippen molar-refractivity contribution in [1.29, 1.82) is 0 Å². The molecule has 0 spiro atoms. The Bertz CT molecular complexity index is 740. The Labute approximate surface area is 137 Å². The average Bonchev–Trinajstić information content (AvgIpc) is 3.04. The Morgan fingerprint density at radius 3 is 2.29 bits per heavy atom. The summed E-state index contributed by atoms with van der Waals surface area (Å²) < 4.78 is 45.0. The molecule has 0 aromatic heterocycles. The summed E-state index contributed by atoms with van der Waals surface area (Å²) in [5.41, 5.74) is 0.339. The number of hydrogen-bond acceptors (Lipinski definition) is 3. The Morgan fingerprint density at radius 2 is 1.67 bits per heavy atom. The van der Waals surface area contributed by atoms with E-state index in [9.17, 15) is 13.2 Å². The molecule has 0 radical (unpaired) electrons. The van der Waals surface area contributed by atoms with E-state index in [2.05, 4.69) is 10.3 Å². The van der Waals surface area contributed by atoms with Gasteiger partial charge >= 0.3 is 6.18 Å². The number of allylic oxidation sites excluding steroid dienone is 1. The largest absolute Gasteiger partial charge is 0.475 e. The lowest BCUT2D eigenvalue weighted by Crippen LogP contribution is -2.20. The molecule has 6 heteroatoms. The van der Waals surface area contributed by atoms with Gasteiger partial charge in [-0.2, -0.15) is 13.2 Å². The van der Waals surface area contributed by atoms with Crippen LogP contribution in [0.15, 0.2) is 77.4 Å². The topological polar surface area (TPSA) is 33.6 Å². The molecule has 1 atom stereocenters. The van der Waals surface area contributed by atoms with Crippen molar-refractivity contribution in [3.63, 3.8) is 0 Å². The molecule has 2 aromatic rings. The normalized spacial score (nSPS) is 18.0. The van der Waals surface area contributed by atoms with Crippen LogP contribution < -0.4 is 5.32 Å². The lowest BCUT2D eigenvalue weighted by atomic mass is 10.1. The lowest BCUT2D eigenvalue weighted by Gasteiger charge is -2.14. The third kappa shape index (κ3) is 3.95. The molecule has 0 aliphatic carbocycles. The van der Waals surface area contributed by atoms with E-state index in [0.717, 1.165) is 11.6 Å². The van der Waals surface area contributed by atoms with Crippen molar-refractivity contribution in [2.45, 2.75) is 12.2 Å². The summed E-state index contributed by atoms with van der Waals surface area (Å²) in [4.78, 5) is 4.23. The number of alkyl halides is 3. The van der Waals surface area contributed by atoms with Crippen LogP contribution in [0.3, 0.4) is 0 Å². The van der Waals surface area contributed by atoms with Gasteiger partial charge in [0.1, 0.15) is 18.3 Å².